The van der Waals surface area contributed by atoms with E-state index in [2.05, 4.69) is 19.6 Å². The summed E-state index contributed by atoms with van der Waals surface area (Å²) in [5, 5.41) is 1.35. The number of ether oxygens (including phenoxy) is 3. The second-order valence-electron chi connectivity index (χ2n) is 6.27. The number of benzene rings is 1. The van der Waals surface area contributed by atoms with Crippen molar-refractivity contribution in [2.24, 2.45) is 0 Å². The molecule has 0 N–H and O–H groups in total. The summed E-state index contributed by atoms with van der Waals surface area (Å²) in [7, 11) is 3.45. The van der Waals surface area contributed by atoms with E-state index in [1.165, 1.54) is 10.8 Å². The fourth-order valence-corrected chi connectivity index (χ4v) is 4.11. The van der Waals surface area contributed by atoms with E-state index in [-0.39, 0.29) is 0 Å². The van der Waals surface area contributed by atoms with Crippen LogP contribution in [-0.2, 0) is 6.42 Å². The third kappa shape index (κ3) is 3.30. The molecule has 0 bridgehead atoms. The topological polar surface area (TPSA) is 40.8 Å². The van der Waals surface area contributed by atoms with Crippen LogP contribution in [0.5, 0.6) is 17.2 Å². The normalized spacial score (nSPS) is 11.4. The molecule has 0 aliphatic carbocycles. The summed E-state index contributed by atoms with van der Waals surface area (Å²) in [6.45, 7) is 6.95. The first kappa shape index (κ1) is 16.5. The highest BCUT2D eigenvalue weighted by Gasteiger charge is 2.23. The first-order valence-corrected chi connectivity index (χ1v) is 10.7. The Labute approximate surface area is 133 Å². The van der Waals surface area contributed by atoms with Gasteiger partial charge in [0.05, 0.1) is 41.9 Å². The lowest BCUT2D eigenvalue weighted by atomic mass is 10.1. The smallest absolute Gasteiger partial charge is 0.203 e. The molecule has 0 unspecified atom stereocenters. The second kappa shape index (κ2) is 6.48. The summed E-state index contributed by atoms with van der Waals surface area (Å²) in [4.78, 5) is 0. The molecule has 0 fully saturated rings. The zero-order valence-electron chi connectivity index (χ0n) is 14.1. The number of hydrogen-bond acceptors (Lipinski definition) is 4. The van der Waals surface area contributed by atoms with E-state index in [4.69, 9.17) is 18.6 Å². The highest BCUT2D eigenvalue weighted by molar-refractivity contribution is 6.89. The molecule has 1 aromatic carbocycles. The first-order chi connectivity index (χ1) is 10.4. The van der Waals surface area contributed by atoms with E-state index in [9.17, 15) is 0 Å². The minimum Gasteiger partial charge on any atom is -0.493 e. The van der Waals surface area contributed by atoms with Gasteiger partial charge in [-0.15, -0.1) is 0 Å². The van der Waals surface area contributed by atoms with Gasteiger partial charge < -0.3 is 18.6 Å². The van der Waals surface area contributed by atoms with Crippen LogP contribution in [0.4, 0.5) is 0 Å². The lowest BCUT2D eigenvalue weighted by Gasteiger charge is -2.17. The van der Waals surface area contributed by atoms with Crippen molar-refractivity contribution in [3.8, 4) is 17.2 Å². The molecule has 0 aliphatic rings. The van der Waals surface area contributed by atoms with Crippen molar-refractivity contribution in [1.82, 2.24) is 0 Å². The van der Waals surface area contributed by atoms with Crippen LogP contribution in [0.2, 0.25) is 19.6 Å². The van der Waals surface area contributed by atoms with Gasteiger partial charge in [0, 0.05) is 6.42 Å². The average Bonchev–Trinajstić information content (AvgIpc) is 2.94. The Morgan fingerprint density at radius 3 is 1.95 bits per heavy atom. The molecule has 120 valence electrons. The van der Waals surface area contributed by atoms with E-state index in [1.54, 1.807) is 21.3 Å². The fourth-order valence-electron chi connectivity index (χ4n) is 2.58. The first-order valence-electron chi connectivity index (χ1n) is 7.25. The predicted molar refractivity (Wildman–Crippen MR) is 90.6 cm³/mol. The number of rotatable bonds is 6. The molecule has 0 aliphatic heterocycles. The monoisotopic (exact) mass is 320 g/mol. The maximum Gasteiger partial charge on any atom is 0.203 e. The summed E-state index contributed by atoms with van der Waals surface area (Å²) in [5.41, 5.74) is 2.34. The molecular weight excluding hydrogens is 296 g/mol. The number of furan rings is 1. The zero-order valence-corrected chi connectivity index (χ0v) is 15.1. The van der Waals surface area contributed by atoms with Crippen LogP contribution in [-0.4, -0.2) is 29.4 Å². The van der Waals surface area contributed by atoms with Crippen molar-refractivity contribution in [3.63, 3.8) is 0 Å². The number of methoxy groups -OCH3 is 3. The fraction of sp³-hybridized carbons (Fsp3) is 0.412. The van der Waals surface area contributed by atoms with E-state index >= 15 is 0 Å². The van der Waals surface area contributed by atoms with Crippen LogP contribution in [0, 0.1) is 0 Å². The largest absolute Gasteiger partial charge is 0.493 e. The molecule has 2 aromatic rings. The van der Waals surface area contributed by atoms with Crippen molar-refractivity contribution in [2.75, 3.05) is 21.3 Å². The maximum atomic E-state index is 5.45. The van der Waals surface area contributed by atoms with Gasteiger partial charge in [-0.3, -0.25) is 0 Å². The molecule has 1 heterocycles. The Balaban J connectivity index is 2.41. The Morgan fingerprint density at radius 2 is 1.50 bits per heavy atom. The van der Waals surface area contributed by atoms with E-state index < -0.39 is 8.07 Å². The van der Waals surface area contributed by atoms with E-state index in [0.29, 0.717) is 17.2 Å². The van der Waals surface area contributed by atoms with Gasteiger partial charge in [-0.1, -0.05) is 19.6 Å². The van der Waals surface area contributed by atoms with Crippen LogP contribution < -0.4 is 19.4 Å². The van der Waals surface area contributed by atoms with Crippen LogP contribution in [0.3, 0.4) is 0 Å². The van der Waals surface area contributed by atoms with Crippen molar-refractivity contribution in [3.05, 3.63) is 35.8 Å². The Bertz CT molecular complexity index is 615. The lowest BCUT2D eigenvalue weighted by molar-refractivity contribution is 0.324. The summed E-state index contributed by atoms with van der Waals surface area (Å²) in [5.74, 6) is 1.97. The highest BCUT2D eigenvalue weighted by Crippen LogP contribution is 2.38. The van der Waals surface area contributed by atoms with Gasteiger partial charge in [0.25, 0.3) is 0 Å². The van der Waals surface area contributed by atoms with Gasteiger partial charge in [-0.05, 0) is 28.4 Å². The van der Waals surface area contributed by atoms with Crippen LogP contribution >= 0.6 is 0 Å². The lowest BCUT2D eigenvalue weighted by Crippen LogP contribution is -2.38. The molecule has 0 spiro atoms. The minimum atomic E-state index is -1.42. The molecule has 1 aromatic heterocycles. The van der Waals surface area contributed by atoms with Gasteiger partial charge >= 0.3 is 0 Å². The van der Waals surface area contributed by atoms with Crippen molar-refractivity contribution < 1.29 is 18.6 Å². The van der Waals surface area contributed by atoms with Gasteiger partial charge in [-0.2, -0.15) is 0 Å². The molecule has 5 heteroatoms. The van der Waals surface area contributed by atoms with Crippen molar-refractivity contribution >= 4 is 13.3 Å². The highest BCUT2D eigenvalue weighted by atomic mass is 28.3. The van der Waals surface area contributed by atoms with E-state index in [0.717, 1.165) is 12.0 Å². The molecule has 2 rings (SSSR count). The summed E-state index contributed by atoms with van der Waals surface area (Å²) >= 11 is 0. The summed E-state index contributed by atoms with van der Waals surface area (Å²) in [6, 6.07) is 3.98. The van der Waals surface area contributed by atoms with Crippen LogP contribution in [0.25, 0.3) is 0 Å². The molecule has 0 amide bonds. The van der Waals surface area contributed by atoms with Gasteiger partial charge in [0.15, 0.2) is 11.5 Å². The molecule has 0 radical (unpaired) electrons. The van der Waals surface area contributed by atoms with Crippen molar-refractivity contribution in [1.29, 1.82) is 0 Å². The Kier molecular flexibility index (Phi) is 4.86. The third-order valence-electron chi connectivity index (χ3n) is 3.67. The average molecular weight is 320 g/mol. The zero-order chi connectivity index (χ0) is 16.3. The molecule has 0 saturated carbocycles. The second-order valence-corrected chi connectivity index (χ2v) is 11.3. The minimum absolute atomic E-state index is 0.617. The molecular formula is C17H24O4Si. The maximum absolute atomic E-state index is 5.45. The molecule has 0 saturated heterocycles. The van der Waals surface area contributed by atoms with Crippen LogP contribution in [0.15, 0.2) is 29.1 Å². The van der Waals surface area contributed by atoms with Gasteiger partial charge in [0.1, 0.15) is 0 Å². The van der Waals surface area contributed by atoms with Gasteiger partial charge in [-0.25, -0.2) is 0 Å². The predicted octanol–water partition coefficient (Wildman–Crippen LogP) is 3.44. The molecule has 22 heavy (non-hydrogen) atoms. The number of hydrogen-bond donors (Lipinski definition) is 0. The summed E-state index contributed by atoms with van der Waals surface area (Å²) < 4.78 is 21.6. The molecule has 0 atom stereocenters. The molecule has 4 nitrogen and oxygen atoms in total. The quantitative estimate of drug-likeness (QED) is 0.765. The van der Waals surface area contributed by atoms with E-state index in [1.807, 2.05) is 24.7 Å². The third-order valence-corrected chi connectivity index (χ3v) is 5.72. The van der Waals surface area contributed by atoms with Crippen molar-refractivity contribution in [2.45, 2.75) is 26.1 Å². The SMILES string of the molecule is COc1cc(Cc2cocc2[Si](C)(C)C)cc(OC)c1OC. The van der Waals surface area contributed by atoms with Gasteiger partial charge in [0.2, 0.25) is 5.75 Å². The standard InChI is InChI=1S/C17H24O4Si/c1-18-14-8-12(9-15(19-2)17(14)20-3)7-13-10-21-11-16(13)22(4,5)6/h8-11H,7H2,1-6H3. The summed E-state index contributed by atoms with van der Waals surface area (Å²) in [6.07, 6.45) is 4.52. The van der Waals surface area contributed by atoms with Crippen LogP contribution in [0.1, 0.15) is 11.1 Å². The Hall–Kier alpha value is -1.88. The Morgan fingerprint density at radius 1 is 0.909 bits per heavy atom.